The number of aliphatic carboxylic acids is 1. The molecule has 0 bridgehead atoms. The van der Waals surface area contributed by atoms with Crippen molar-refractivity contribution in [2.45, 2.75) is 26.3 Å². The van der Waals surface area contributed by atoms with E-state index in [1.165, 1.54) is 4.90 Å². The number of rotatable bonds is 5. The van der Waals surface area contributed by atoms with Crippen molar-refractivity contribution in [3.63, 3.8) is 0 Å². The molecule has 112 valence electrons. The van der Waals surface area contributed by atoms with Crippen LogP contribution in [-0.2, 0) is 4.79 Å². The first-order valence-corrected chi connectivity index (χ1v) is 6.62. The quantitative estimate of drug-likeness (QED) is 0.869. The monoisotopic (exact) mass is 289 g/mol. The highest BCUT2D eigenvalue weighted by molar-refractivity contribution is 5.94. The van der Waals surface area contributed by atoms with Gasteiger partial charge in [0, 0.05) is 12.7 Å². The van der Waals surface area contributed by atoms with Crippen molar-refractivity contribution in [3.8, 4) is 6.07 Å². The number of benzene rings is 1. The Morgan fingerprint density at radius 3 is 2.33 bits per heavy atom. The van der Waals surface area contributed by atoms with Crippen LogP contribution in [0.1, 0.15) is 25.8 Å². The summed E-state index contributed by atoms with van der Waals surface area (Å²) in [6, 6.07) is 7.05. The molecule has 0 aliphatic rings. The maximum Gasteiger partial charge on any atom is 0.326 e. The van der Waals surface area contributed by atoms with Crippen molar-refractivity contribution in [3.05, 3.63) is 29.8 Å². The molecule has 1 aromatic carbocycles. The first-order valence-electron chi connectivity index (χ1n) is 6.62. The highest BCUT2D eigenvalue weighted by Gasteiger charge is 2.23. The second kappa shape index (κ2) is 7.29. The topological polar surface area (TPSA) is 93.4 Å². The van der Waals surface area contributed by atoms with Crippen molar-refractivity contribution in [2.75, 3.05) is 11.9 Å². The molecule has 0 aromatic heterocycles. The molecule has 0 aliphatic heterocycles. The lowest BCUT2D eigenvalue weighted by atomic mass is 10.0. The van der Waals surface area contributed by atoms with Gasteiger partial charge in [0.1, 0.15) is 6.04 Å². The molecule has 2 N–H and O–H groups in total. The minimum absolute atomic E-state index is 0.159. The Kier molecular flexibility index (Phi) is 5.73. The Balaban J connectivity index is 2.76. The predicted molar refractivity (Wildman–Crippen MR) is 79.0 cm³/mol. The highest BCUT2D eigenvalue weighted by atomic mass is 16.4. The number of carboxylic acid groups (broad SMARTS) is 1. The highest BCUT2D eigenvalue weighted by Crippen LogP contribution is 2.14. The molecule has 0 radical (unpaired) electrons. The van der Waals surface area contributed by atoms with E-state index in [4.69, 9.17) is 10.4 Å². The van der Waals surface area contributed by atoms with Gasteiger partial charge in [0.15, 0.2) is 0 Å². The molecule has 1 rings (SSSR count). The predicted octanol–water partition coefficient (Wildman–Crippen LogP) is 2.20. The third-order valence-corrected chi connectivity index (χ3v) is 2.99. The van der Waals surface area contributed by atoms with Crippen LogP contribution in [0.3, 0.4) is 0 Å². The van der Waals surface area contributed by atoms with Gasteiger partial charge in [0.25, 0.3) is 0 Å². The standard InChI is InChI=1S/C15H19N3O3/c1-10(2)8-13(14(19)20)17-15(21)18(3)12-6-4-11(9-16)5-7-12/h4-7,10,13H,8H2,1-3H3,(H,17,21)(H,19,20)/t13-/m1/s1. The molecule has 0 aliphatic carbocycles. The Labute approximate surface area is 124 Å². The third kappa shape index (κ3) is 4.80. The summed E-state index contributed by atoms with van der Waals surface area (Å²) in [7, 11) is 1.55. The number of anilines is 1. The van der Waals surface area contributed by atoms with Crippen molar-refractivity contribution >= 4 is 17.7 Å². The van der Waals surface area contributed by atoms with Gasteiger partial charge < -0.3 is 10.4 Å². The molecule has 1 aromatic rings. The molecule has 0 saturated carbocycles. The molecule has 0 fully saturated rings. The van der Waals surface area contributed by atoms with E-state index in [1.54, 1.807) is 31.3 Å². The lowest BCUT2D eigenvalue weighted by Gasteiger charge is -2.22. The van der Waals surface area contributed by atoms with Crippen LogP contribution in [0.25, 0.3) is 0 Å². The number of amides is 2. The van der Waals surface area contributed by atoms with E-state index in [-0.39, 0.29) is 5.92 Å². The largest absolute Gasteiger partial charge is 0.480 e. The van der Waals surface area contributed by atoms with E-state index < -0.39 is 18.0 Å². The zero-order valence-electron chi connectivity index (χ0n) is 12.3. The number of nitriles is 1. The SMILES string of the molecule is CC(C)C[C@@H](NC(=O)N(C)c1ccc(C#N)cc1)C(=O)O. The van der Waals surface area contributed by atoms with Gasteiger partial charge in [-0.15, -0.1) is 0 Å². The second-order valence-corrected chi connectivity index (χ2v) is 5.19. The van der Waals surface area contributed by atoms with E-state index in [2.05, 4.69) is 5.32 Å². The average Bonchev–Trinajstić information content (AvgIpc) is 2.45. The summed E-state index contributed by atoms with van der Waals surface area (Å²) in [4.78, 5) is 24.5. The smallest absolute Gasteiger partial charge is 0.326 e. The third-order valence-electron chi connectivity index (χ3n) is 2.99. The molecular weight excluding hydrogens is 270 g/mol. The normalized spacial score (nSPS) is 11.6. The molecule has 0 heterocycles. The van der Waals surface area contributed by atoms with Gasteiger partial charge in [0.05, 0.1) is 11.6 Å². The van der Waals surface area contributed by atoms with Crippen LogP contribution >= 0.6 is 0 Å². The summed E-state index contributed by atoms with van der Waals surface area (Å²) in [5, 5.41) is 20.4. The zero-order valence-corrected chi connectivity index (χ0v) is 12.3. The summed E-state index contributed by atoms with van der Waals surface area (Å²) in [5.74, 6) is -0.892. The van der Waals surface area contributed by atoms with Gasteiger partial charge in [-0.25, -0.2) is 9.59 Å². The molecule has 0 saturated heterocycles. The first-order chi connectivity index (χ1) is 9.85. The first kappa shape index (κ1) is 16.5. The van der Waals surface area contributed by atoms with Gasteiger partial charge in [-0.3, -0.25) is 4.90 Å². The van der Waals surface area contributed by atoms with Gasteiger partial charge in [-0.1, -0.05) is 13.8 Å². The van der Waals surface area contributed by atoms with E-state index in [0.29, 0.717) is 17.7 Å². The molecule has 6 heteroatoms. The molecule has 2 amide bonds. The summed E-state index contributed by atoms with van der Waals surface area (Å²) < 4.78 is 0. The minimum Gasteiger partial charge on any atom is -0.480 e. The fraction of sp³-hybridized carbons (Fsp3) is 0.400. The van der Waals surface area contributed by atoms with Crippen LogP contribution in [-0.4, -0.2) is 30.2 Å². The number of nitrogens with one attached hydrogen (secondary N) is 1. The lowest BCUT2D eigenvalue weighted by molar-refractivity contribution is -0.139. The van der Waals surface area contributed by atoms with Crippen LogP contribution in [0.2, 0.25) is 0 Å². The Morgan fingerprint density at radius 1 is 1.33 bits per heavy atom. The van der Waals surface area contributed by atoms with Gasteiger partial charge in [-0.2, -0.15) is 5.26 Å². The number of carbonyl (C=O) groups excluding carboxylic acids is 1. The van der Waals surface area contributed by atoms with Crippen LogP contribution in [0, 0.1) is 17.2 Å². The summed E-state index contributed by atoms with van der Waals surface area (Å²) in [5.41, 5.74) is 1.08. The van der Waals surface area contributed by atoms with E-state index in [9.17, 15) is 9.59 Å². The van der Waals surface area contributed by atoms with Crippen LogP contribution in [0.15, 0.2) is 24.3 Å². The number of nitrogens with zero attached hydrogens (tertiary/aromatic N) is 2. The number of carbonyl (C=O) groups is 2. The molecule has 6 nitrogen and oxygen atoms in total. The van der Waals surface area contributed by atoms with Crippen molar-refractivity contribution < 1.29 is 14.7 Å². The van der Waals surface area contributed by atoms with Crippen molar-refractivity contribution in [1.29, 1.82) is 5.26 Å². The maximum atomic E-state index is 12.1. The van der Waals surface area contributed by atoms with E-state index >= 15 is 0 Å². The Bertz CT molecular complexity index is 546. The van der Waals surface area contributed by atoms with E-state index in [0.717, 1.165) is 0 Å². The van der Waals surface area contributed by atoms with Gasteiger partial charge in [0.2, 0.25) is 0 Å². The van der Waals surface area contributed by atoms with Crippen LogP contribution < -0.4 is 10.2 Å². The summed E-state index contributed by atoms with van der Waals surface area (Å²) in [6.45, 7) is 3.79. The number of hydrogen-bond acceptors (Lipinski definition) is 3. The molecular formula is C15H19N3O3. The fourth-order valence-corrected chi connectivity index (χ4v) is 1.82. The summed E-state index contributed by atoms with van der Waals surface area (Å²) >= 11 is 0. The Hall–Kier alpha value is -2.55. The number of urea groups is 1. The van der Waals surface area contributed by atoms with E-state index in [1.807, 2.05) is 19.9 Å². The van der Waals surface area contributed by atoms with Crippen LogP contribution in [0.4, 0.5) is 10.5 Å². The lowest BCUT2D eigenvalue weighted by Crippen LogP contribution is -2.47. The zero-order chi connectivity index (χ0) is 16.0. The molecule has 1 atom stereocenters. The molecule has 0 spiro atoms. The second-order valence-electron chi connectivity index (χ2n) is 5.19. The fourth-order valence-electron chi connectivity index (χ4n) is 1.82. The minimum atomic E-state index is -1.05. The van der Waals surface area contributed by atoms with Crippen LogP contribution in [0.5, 0.6) is 0 Å². The molecule has 21 heavy (non-hydrogen) atoms. The maximum absolute atomic E-state index is 12.1. The van der Waals surface area contributed by atoms with Gasteiger partial charge >= 0.3 is 12.0 Å². The number of carboxylic acids is 1. The Morgan fingerprint density at radius 2 is 1.90 bits per heavy atom. The number of hydrogen-bond donors (Lipinski definition) is 2. The molecule has 0 unspecified atom stereocenters. The van der Waals surface area contributed by atoms with Gasteiger partial charge in [-0.05, 0) is 36.6 Å². The van der Waals surface area contributed by atoms with Crippen molar-refractivity contribution in [1.82, 2.24) is 5.32 Å². The average molecular weight is 289 g/mol. The summed E-state index contributed by atoms with van der Waals surface area (Å²) in [6.07, 6.45) is 0.363. The van der Waals surface area contributed by atoms with Crippen molar-refractivity contribution in [2.24, 2.45) is 5.92 Å².